The van der Waals surface area contributed by atoms with Crippen molar-refractivity contribution in [2.45, 2.75) is 58.7 Å². The quantitative estimate of drug-likeness (QED) is 0.0693. The van der Waals surface area contributed by atoms with Crippen molar-refractivity contribution in [2.75, 3.05) is 36.8 Å². The van der Waals surface area contributed by atoms with Crippen molar-refractivity contribution in [1.29, 1.82) is 0 Å². The molecule has 0 radical (unpaired) electrons. The molecule has 0 unspecified atom stereocenters. The fourth-order valence-corrected chi connectivity index (χ4v) is 8.14. The average Bonchev–Trinajstić information content (AvgIpc) is 3.85. The van der Waals surface area contributed by atoms with E-state index in [9.17, 15) is 19.2 Å². The van der Waals surface area contributed by atoms with Crippen molar-refractivity contribution in [2.24, 2.45) is 7.05 Å². The Bertz CT molecular complexity index is 2440. The van der Waals surface area contributed by atoms with Crippen LogP contribution < -0.4 is 19.8 Å². The highest BCUT2D eigenvalue weighted by molar-refractivity contribution is 6.27. The molecule has 0 bridgehead atoms. The van der Waals surface area contributed by atoms with Crippen LogP contribution in [0.4, 0.5) is 11.4 Å². The molecule has 12 nitrogen and oxygen atoms in total. The zero-order chi connectivity index (χ0) is 38.8. The predicted molar refractivity (Wildman–Crippen MR) is 215 cm³/mol. The highest BCUT2D eigenvalue weighted by Crippen LogP contribution is 2.36. The molecule has 12 heteroatoms. The van der Waals surface area contributed by atoms with Gasteiger partial charge in [0, 0.05) is 94.2 Å². The lowest BCUT2D eigenvalue weighted by molar-refractivity contribution is -0.697. The molecular formula is C44H48N8O4+2. The van der Waals surface area contributed by atoms with Crippen LogP contribution in [0.1, 0.15) is 80.5 Å². The standard InChI is InChI=1S/C44H46N8O4/c1-3-51-41(53)33-13-7-11-31-37(17-15-35(39(31)33)42(51)54)45-19-5-4-6-21-49-27-28-50(30-49)22-9-20-46-38-18-16-36-40-32(38)12-8-14-34(40)43(55)52(44(36)56)24-10-23-48-26-25-47(2)29-48/h7-8,11-18,25-30H,3-6,9-10,19-24H2,1-2H3/p+2. The first-order valence-electron chi connectivity index (χ1n) is 19.7. The molecule has 0 saturated heterocycles. The van der Waals surface area contributed by atoms with Crippen LogP contribution in [0, 0.1) is 0 Å². The van der Waals surface area contributed by atoms with Crippen LogP contribution >= 0.6 is 0 Å². The predicted octanol–water partition coefficient (Wildman–Crippen LogP) is 5.79. The van der Waals surface area contributed by atoms with Gasteiger partial charge in [-0.3, -0.25) is 29.0 Å². The maximum atomic E-state index is 13.5. The molecule has 0 aliphatic carbocycles. The van der Waals surface area contributed by atoms with Crippen molar-refractivity contribution in [1.82, 2.24) is 18.9 Å². The molecule has 4 aromatic carbocycles. The summed E-state index contributed by atoms with van der Waals surface area (Å²) in [5, 5.41) is 10.4. The molecule has 0 spiro atoms. The van der Waals surface area contributed by atoms with Gasteiger partial charge in [0.1, 0.15) is 24.8 Å². The van der Waals surface area contributed by atoms with Crippen LogP contribution in [0.2, 0.25) is 0 Å². The molecule has 2 aliphatic heterocycles. The molecule has 286 valence electrons. The Hall–Kier alpha value is -6.30. The van der Waals surface area contributed by atoms with Gasteiger partial charge in [-0.2, -0.15) is 0 Å². The van der Waals surface area contributed by atoms with E-state index in [0.717, 1.165) is 91.3 Å². The number of hydrogen-bond donors (Lipinski definition) is 2. The molecule has 0 saturated carbocycles. The second-order valence-corrected chi connectivity index (χ2v) is 14.7. The minimum Gasteiger partial charge on any atom is -0.385 e. The van der Waals surface area contributed by atoms with E-state index in [4.69, 9.17) is 0 Å². The summed E-state index contributed by atoms with van der Waals surface area (Å²) in [5.74, 6) is -0.911. The molecule has 8 rings (SSSR count). The molecule has 0 atom stereocenters. The van der Waals surface area contributed by atoms with Crippen LogP contribution in [-0.2, 0) is 26.7 Å². The summed E-state index contributed by atoms with van der Waals surface area (Å²) in [4.78, 5) is 55.6. The number of hydrogen-bond acceptors (Lipinski definition) is 6. The zero-order valence-corrected chi connectivity index (χ0v) is 32.0. The van der Waals surface area contributed by atoms with Gasteiger partial charge in [-0.25, -0.2) is 18.3 Å². The molecule has 6 aromatic rings. The monoisotopic (exact) mass is 752 g/mol. The topological polar surface area (TPSA) is 116 Å². The Morgan fingerprint density at radius 1 is 0.554 bits per heavy atom. The summed E-state index contributed by atoms with van der Waals surface area (Å²) < 4.78 is 8.46. The first kappa shape index (κ1) is 36.7. The van der Waals surface area contributed by atoms with Gasteiger partial charge in [-0.15, -0.1) is 0 Å². The molecule has 4 amide bonds. The third-order valence-electron chi connectivity index (χ3n) is 11.0. The Morgan fingerprint density at radius 3 is 1.71 bits per heavy atom. The Kier molecular flexibility index (Phi) is 10.4. The van der Waals surface area contributed by atoms with Crippen LogP contribution in [0.15, 0.2) is 98.1 Å². The van der Waals surface area contributed by atoms with Crippen LogP contribution in [-0.4, -0.2) is 68.7 Å². The van der Waals surface area contributed by atoms with Crippen molar-refractivity contribution >= 4 is 56.5 Å². The molecular weight excluding hydrogens is 705 g/mol. The number of anilines is 2. The van der Waals surface area contributed by atoms with E-state index in [1.165, 1.54) is 9.80 Å². The smallest absolute Gasteiger partial charge is 0.261 e. The van der Waals surface area contributed by atoms with Crippen LogP contribution in [0.5, 0.6) is 0 Å². The van der Waals surface area contributed by atoms with E-state index < -0.39 is 0 Å². The maximum absolute atomic E-state index is 13.5. The van der Waals surface area contributed by atoms with Crippen molar-refractivity contribution in [3.05, 3.63) is 120 Å². The number of nitrogens with zero attached hydrogens (tertiary/aromatic N) is 6. The first-order valence-corrected chi connectivity index (χ1v) is 19.7. The van der Waals surface area contributed by atoms with Crippen LogP contribution in [0.25, 0.3) is 21.5 Å². The van der Waals surface area contributed by atoms with Gasteiger partial charge in [-0.1, -0.05) is 24.3 Å². The summed E-state index contributed by atoms with van der Waals surface area (Å²) in [6, 6.07) is 19.0. The number of benzene rings is 4. The average molecular weight is 753 g/mol. The second-order valence-electron chi connectivity index (χ2n) is 14.7. The van der Waals surface area contributed by atoms with Gasteiger partial charge in [0.2, 0.25) is 12.7 Å². The molecule has 0 fully saturated rings. The number of aromatic nitrogens is 4. The maximum Gasteiger partial charge on any atom is 0.261 e. The summed E-state index contributed by atoms with van der Waals surface area (Å²) in [6.45, 7) is 6.63. The lowest BCUT2D eigenvalue weighted by Gasteiger charge is -2.27. The summed E-state index contributed by atoms with van der Waals surface area (Å²) in [7, 11) is 1.97. The second kappa shape index (κ2) is 15.8. The number of carbonyl (C=O) groups excluding carboxylic acids is 4. The molecule has 2 N–H and O–H groups in total. The van der Waals surface area contributed by atoms with Gasteiger partial charge in [0.25, 0.3) is 23.6 Å². The Labute approximate surface area is 325 Å². The lowest BCUT2D eigenvalue weighted by Crippen LogP contribution is -2.42. The van der Waals surface area contributed by atoms with E-state index >= 15 is 0 Å². The molecule has 2 aromatic heterocycles. The van der Waals surface area contributed by atoms with E-state index in [2.05, 4.69) is 43.1 Å². The van der Waals surface area contributed by atoms with Gasteiger partial charge < -0.3 is 10.6 Å². The van der Waals surface area contributed by atoms with Gasteiger partial charge in [0.05, 0.1) is 26.7 Å². The Balaban J connectivity index is 0.784. The summed E-state index contributed by atoms with van der Waals surface area (Å²) in [6.07, 6.45) is 17.0. The summed E-state index contributed by atoms with van der Waals surface area (Å²) in [5.41, 5.74) is 4.21. The van der Waals surface area contributed by atoms with Gasteiger partial charge in [0.15, 0.2) is 0 Å². The van der Waals surface area contributed by atoms with Crippen LogP contribution in [0.3, 0.4) is 0 Å². The summed E-state index contributed by atoms with van der Waals surface area (Å²) >= 11 is 0. The first-order chi connectivity index (χ1) is 27.3. The number of imide groups is 2. The lowest BCUT2D eigenvalue weighted by atomic mass is 9.93. The highest BCUT2D eigenvalue weighted by atomic mass is 16.2. The normalized spacial score (nSPS) is 13.8. The number of carbonyl (C=O) groups is 4. The van der Waals surface area contributed by atoms with E-state index in [1.54, 1.807) is 0 Å². The van der Waals surface area contributed by atoms with Crippen molar-refractivity contribution in [3.8, 4) is 0 Å². The van der Waals surface area contributed by atoms with Crippen molar-refractivity contribution < 1.29 is 28.3 Å². The van der Waals surface area contributed by atoms with Gasteiger partial charge >= 0.3 is 0 Å². The number of unbranched alkanes of at least 4 members (excludes halogenated alkanes) is 2. The Morgan fingerprint density at radius 2 is 1.11 bits per heavy atom. The minimum absolute atomic E-state index is 0.226. The van der Waals surface area contributed by atoms with E-state index in [0.29, 0.717) is 41.8 Å². The van der Waals surface area contributed by atoms with E-state index in [-0.39, 0.29) is 23.6 Å². The van der Waals surface area contributed by atoms with Crippen molar-refractivity contribution in [3.63, 3.8) is 0 Å². The third-order valence-corrected chi connectivity index (χ3v) is 11.0. The molecule has 2 aliphatic rings. The molecule has 4 heterocycles. The third kappa shape index (κ3) is 7.02. The minimum atomic E-state index is -0.229. The fraction of sp³-hybridized carbons (Fsp3) is 0.318. The SMILES string of the molecule is CCN1C(=O)c2cccc3c(NCCCCC[n+]4ccn(CCCNc5ccc6c7c(cccc57)C(=O)N(CCC[n+]5ccn(C)c5)C6=O)c4)ccc(c23)C1=O. The highest BCUT2D eigenvalue weighted by Gasteiger charge is 2.34. The fourth-order valence-electron chi connectivity index (χ4n) is 8.14. The zero-order valence-electron chi connectivity index (χ0n) is 32.0. The number of amides is 4. The number of imidazole rings is 2. The van der Waals surface area contributed by atoms with Gasteiger partial charge in [-0.05, 0) is 62.6 Å². The molecule has 56 heavy (non-hydrogen) atoms. The number of aryl methyl sites for hydroxylation is 4. The number of nitrogens with one attached hydrogen (secondary N) is 2. The van der Waals surface area contributed by atoms with E-state index in [1.807, 2.05) is 97.9 Å². The largest absolute Gasteiger partial charge is 0.385 e. The number of rotatable bonds is 17.